The lowest BCUT2D eigenvalue weighted by Gasteiger charge is -1.96. The zero-order chi connectivity index (χ0) is 17.9. The fourth-order valence-electron chi connectivity index (χ4n) is 2.32. The van der Waals surface area contributed by atoms with Crippen molar-refractivity contribution < 1.29 is 17.6 Å². The first-order chi connectivity index (χ1) is 12.7. The van der Waals surface area contributed by atoms with Crippen molar-refractivity contribution in [1.82, 2.24) is 9.97 Å². The summed E-state index contributed by atoms with van der Waals surface area (Å²) in [7, 11) is 0. The fourth-order valence-corrected chi connectivity index (χ4v) is 2.98. The van der Waals surface area contributed by atoms with Crippen LogP contribution in [-0.2, 0) is 5.75 Å². The lowest BCUT2D eigenvalue weighted by atomic mass is 10.2. The van der Waals surface area contributed by atoms with Crippen molar-refractivity contribution in [2.24, 2.45) is 0 Å². The summed E-state index contributed by atoms with van der Waals surface area (Å²) in [5, 5.41) is 0.464. The Morgan fingerprint density at radius 2 is 1.27 bits per heavy atom. The molecule has 4 aromatic rings. The summed E-state index contributed by atoms with van der Waals surface area (Å²) in [4.78, 5) is 8.41. The molecule has 0 radical (unpaired) electrons. The second-order valence-corrected chi connectivity index (χ2v) is 6.34. The number of halogens is 2. The average molecular weight is 370 g/mol. The van der Waals surface area contributed by atoms with Gasteiger partial charge in [-0.2, -0.15) is 0 Å². The number of thioether (sulfide) groups is 1. The van der Waals surface area contributed by atoms with E-state index < -0.39 is 0 Å². The van der Waals surface area contributed by atoms with Crippen LogP contribution in [0.4, 0.5) is 8.78 Å². The van der Waals surface area contributed by atoms with Crippen LogP contribution in [0.1, 0.15) is 5.89 Å². The molecule has 0 amide bonds. The maximum absolute atomic E-state index is 13.0. The van der Waals surface area contributed by atoms with Crippen molar-refractivity contribution in [3.05, 3.63) is 78.4 Å². The fraction of sp³-hybridized carbons (Fsp3) is 0.0526. The van der Waals surface area contributed by atoms with Crippen LogP contribution in [0.15, 0.2) is 75.0 Å². The minimum atomic E-state index is -0.302. The quantitative estimate of drug-likeness (QED) is 0.430. The first-order valence-corrected chi connectivity index (χ1v) is 8.71. The molecular formula is C19H12F2N2O2S. The molecule has 2 aromatic heterocycles. The summed E-state index contributed by atoms with van der Waals surface area (Å²) >= 11 is 1.34. The molecular weight excluding hydrogens is 358 g/mol. The van der Waals surface area contributed by atoms with E-state index >= 15 is 0 Å². The van der Waals surface area contributed by atoms with Gasteiger partial charge in [-0.1, -0.05) is 11.8 Å². The minimum Gasteiger partial charge on any atom is -0.440 e. The summed E-state index contributed by atoms with van der Waals surface area (Å²) in [5.41, 5.74) is 1.50. The molecule has 0 bridgehead atoms. The number of hydrogen-bond acceptors (Lipinski definition) is 5. The second-order valence-electron chi connectivity index (χ2n) is 5.41. The Kier molecular flexibility index (Phi) is 4.53. The molecule has 0 fully saturated rings. The predicted molar refractivity (Wildman–Crippen MR) is 93.4 cm³/mol. The molecule has 0 aliphatic carbocycles. The van der Waals surface area contributed by atoms with Gasteiger partial charge in [0.25, 0.3) is 5.22 Å². The Morgan fingerprint density at radius 1 is 0.731 bits per heavy atom. The van der Waals surface area contributed by atoms with Gasteiger partial charge in [0, 0.05) is 11.1 Å². The van der Waals surface area contributed by atoms with Gasteiger partial charge in [0.15, 0.2) is 11.5 Å². The van der Waals surface area contributed by atoms with Crippen LogP contribution in [0, 0.1) is 11.6 Å². The zero-order valence-corrected chi connectivity index (χ0v) is 14.2. The van der Waals surface area contributed by atoms with Gasteiger partial charge in [-0.3, -0.25) is 0 Å². The van der Waals surface area contributed by atoms with E-state index in [0.29, 0.717) is 28.4 Å². The molecule has 0 N–H and O–H groups in total. The highest BCUT2D eigenvalue weighted by Crippen LogP contribution is 2.29. The van der Waals surface area contributed by atoms with Gasteiger partial charge in [0.05, 0.1) is 18.1 Å². The van der Waals surface area contributed by atoms with E-state index in [4.69, 9.17) is 8.83 Å². The number of aromatic nitrogens is 2. The molecule has 4 nitrogen and oxygen atoms in total. The summed E-state index contributed by atoms with van der Waals surface area (Å²) in [5.74, 6) is 1.47. The lowest BCUT2D eigenvalue weighted by Crippen LogP contribution is -1.79. The zero-order valence-electron chi connectivity index (χ0n) is 13.4. The van der Waals surface area contributed by atoms with Crippen LogP contribution in [-0.4, -0.2) is 9.97 Å². The van der Waals surface area contributed by atoms with Crippen molar-refractivity contribution in [3.8, 4) is 22.6 Å². The molecule has 0 aliphatic heterocycles. The largest absolute Gasteiger partial charge is 0.440 e. The highest BCUT2D eigenvalue weighted by atomic mass is 32.2. The Morgan fingerprint density at radius 3 is 1.88 bits per heavy atom. The van der Waals surface area contributed by atoms with E-state index in [0.717, 1.165) is 11.1 Å². The Bertz CT molecular complexity index is 927. The molecule has 0 unspecified atom stereocenters. The molecule has 0 saturated carbocycles. The summed E-state index contributed by atoms with van der Waals surface area (Å²) in [6.45, 7) is 0. The van der Waals surface area contributed by atoms with Crippen LogP contribution in [0.3, 0.4) is 0 Å². The smallest absolute Gasteiger partial charge is 0.256 e. The van der Waals surface area contributed by atoms with E-state index in [-0.39, 0.29) is 11.6 Å². The van der Waals surface area contributed by atoms with Gasteiger partial charge in [0.2, 0.25) is 5.89 Å². The Balaban J connectivity index is 1.42. The molecule has 4 rings (SSSR count). The van der Waals surface area contributed by atoms with Crippen LogP contribution < -0.4 is 0 Å². The second kappa shape index (κ2) is 7.13. The normalized spacial score (nSPS) is 11.0. The highest BCUT2D eigenvalue weighted by molar-refractivity contribution is 7.98. The maximum Gasteiger partial charge on any atom is 0.256 e. The van der Waals surface area contributed by atoms with E-state index in [1.165, 1.54) is 36.0 Å². The maximum atomic E-state index is 13.0. The monoisotopic (exact) mass is 370 g/mol. The molecule has 2 heterocycles. The number of oxazole rings is 2. The number of rotatable bonds is 5. The highest BCUT2D eigenvalue weighted by Gasteiger charge is 2.11. The van der Waals surface area contributed by atoms with Gasteiger partial charge >= 0.3 is 0 Å². The van der Waals surface area contributed by atoms with Gasteiger partial charge in [-0.25, -0.2) is 18.7 Å². The Labute approximate surface area is 151 Å². The van der Waals surface area contributed by atoms with Crippen LogP contribution >= 0.6 is 11.8 Å². The van der Waals surface area contributed by atoms with Crippen LogP contribution in [0.25, 0.3) is 22.6 Å². The van der Waals surface area contributed by atoms with Gasteiger partial charge in [-0.05, 0) is 48.5 Å². The first kappa shape index (κ1) is 16.5. The molecule has 26 heavy (non-hydrogen) atoms. The van der Waals surface area contributed by atoms with Crippen molar-refractivity contribution in [1.29, 1.82) is 0 Å². The molecule has 0 aliphatic rings. The summed E-state index contributed by atoms with van der Waals surface area (Å²) < 4.78 is 37.3. The van der Waals surface area contributed by atoms with Gasteiger partial charge < -0.3 is 8.83 Å². The predicted octanol–water partition coefficient (Wildman–Crippen LogP) is 5.57. The van der Waals surface area contributed by atoms with Crippen molar-refractivity contribution >= 4 is 11.8 Å². The molecule has 2 aromatic carbocycles. The third kappa shape index (κ3) is 3.67. The summed E-state index contributed by atoms with van der Waals surface area (Å²) in [6.07, 6.45) is 3.19. The third-order valence-corrected chi connectivity index (χ3v) is 4.44. The van der Waals surface area contributed by atoms with Gasteiger partial charge in [-0.15, -0.1) is 0 Å². The number of benzene rings is 2. The van der Waals surface area contributed by atoms with Gasteiger partial charge in [0.1, 0.15) is 11.6 Å². The standard InChI is InChI=1S/C19H12F2N2O2S/c20-14-5-1-12(2-6-14)16-9-22-18(24-16)11-26-19-23-10-17(25-19)13-3-7-15(21)8-4-13/h1-10H,11H2. The van der Waals surface area contributed by atoms with E-state index in [1.54, 1.807) is 36.7 Å². The molecule has 130 valence electrons. The van der Waals surface area contributed by atoms with E-state index in [2.05, 4.69) is 9.97 Å². The van der Waals surface area contributed by atoms with E-state index in [1.807, 2.05) is 0 Å². The molecule has 0 spiro atoms. The Hall–Kier alpha value is -2.93. The SMILES string of the molecule is Fc1ccc(-c2cnc(CSc3ncc(-c4ccc(F)cc4)o3)o2)cc1. The first-order valence-electron chi connectivity index (χ1n) is 7.72. The van der Waals surface area contributed by atoms with Crippen molar-refractivity contribution in [2.45, 2.75) is 11.0 Å². The molecule has 7 heteroatoms. The van der Waals surface area contributed by atoms with Crippen LogP contribution in [0.5, 0.6) is 0 Å². The van der Waals surface area contributed by atoms with Crippen molar-refractivity contribution in [3.63, 3.8) is 0 Å². The summed E-state index contributed by atoms with van der Waals surface area (Å²) in [6, 6.07) is 12.0. The number of nitrogens with zero attached hydrogens (tertiary/aromatic N) is 2. The van der Waals surface area contributed by atoms with Crippen LogP contribution in [0.2, 0.25) is 0 Å². The lowest BCUT2D eigenvalue weighted by molar-refractivity contribution is 0.464. The topological polar surface area (TPSA) is 52.1 Å². The molecule has 0 atom stereocenters. The number of hydrogen-bond donors (Lipinski definition) is 0. The molecule has 0 saturated heterocycles. The van der Waals surface area contributed by atoms with E-state index in [9.17, 15) is 8.78 Å². The van der Waals surface area contributed by atoms with Crippen molar-refractivity contribution in [2.75, 3.05) is 0 Å². The third-order valence-electron chi connectivity index (χ3n) is 3.61. The average Bonchev–Trinajstić information content (AvgIpc) is 3.31. The minimum absolute atomic E-state index is 0.301.